The maximum absolute atomic E-state index is 5.13. The Kier molecular flexibility index (Phi) is 16.8. The molecule has 0 saturated carbocycles. The van der Waals surface area contributed by atoms with E-state index in [0.717, 1.165) is 86.0 Å². The lowest BCUT2D eigenvalue weighted by Crippen LogP contribution is -2.09. The van der Waals surface area contributed by atoms with Crippen LogP contribution in [0, 0.1) is 0 Å². The molecule has 0 atom stereocenters. The summed E-state index contributed by atoms with van der Waals surface area (Å²) in [5.41, 5.74) is 29.6. The number of nitrogens with zero attached hydrogens (tertiary/aromatic N) is 10. The molecule has 0 amide bonds. The zero-order chi connectivity index (χ0) is 75.4. The normalized spacial score (nSPS) is 11.8. The van der Waals surface area contributed by atoms with E-state index in [2.05, 4.69) is 322 Å². The zero-order valence-corrected chi connectivity index (χ0v) is 62.0. The van der Waals surface area contributed by atoms with E-state index >= 15 is 0 Å². The van der Waals surface area contributed by atoms with Crippen molar-refractivity contribution in [3.8, 4) is 102 Å². The smallest absolute Gasteiger partial charge is 0.164 e. The van der Waals surface area contributed by atoms with Crippen LogP contribution in [-0.2, 0) is 12.8 Å². The van der Waals surface area contributed by atoms with Crippen LogP contribution in [0.4, 0.5) is 34.1 Å². The van der Waals surface area contributed by atoms with E-state index in [1.54, 1.807) is 0 Å². The molecule has 114 heavy (non-hydrogen) atoms. The molecule has 22 rings (SSSR count). The van der Waals surface area contributed by atoms with Crippen molar-refractivity contribution in [2.45, 2.75) is 12.8 Å². The summed E-state index contributed by atoms with van der Waals surface area (Å²) in [5.74, 6) is 3.99. The monoisotopic (exact) mass is 1460 g/mol. The molecule has 10 nitrogen and oxygen atoms in total. The number of benzene rings is 16. The van der Waals surface area contributed by atoms with Crippen molar-refractivity contribution in [1.29, 1.82) is 0 Å². The van der Waals surface area contributed by atoms with Crippen molar-refractivity contribution in [2.24, 2.45) is 0 Å². The van der Waals surface area contributed by atoms with Gasteiger partial charge in [-0.15, -0.1) is 0 Å². The van der Waals surface area contributed by atoms with E-state index in [-0.39, 0.29) is 0 Å². The maximum atomic E-state index is 5.13. The van der Waals surface area contributed by atoms with Crippen LogP contribution in [0.1, 0.15) is 22.3 Å². The standard InChI is InChI=1S/2C52H35N5/c1-5-17-35(18-6-1)50-53-51(36-19-7-2-8-20-36)55-52(54-50)43-28-15-26-40-41-27-16-30-48(46(41)34-44(40)43)57-47-29-14-13-25-42(47)45-33-39(31-32-49(45)57)56(37-21-9-3-10-22-37)38-23-11-4-12-24-38;1-5-15-35(16-6-1)50-53-51(36-17-7-2-8-18-36)55-52(54-50)39-26-25-37-31-38-27-28-43(33-46(38)45(37)32-39)57-48-24-14-13-23-44(48)47-34-42(29-30-49(47)57)56(40-19-9-3-10-20-40)41-21-11-4-12-22-41/h1-33H,34H2;1-30,32-34H,31H2. The first kappa shape index (κ1) is 66.9. The van der Waals surface area contributed by atoms with Gasteiger partial charge in [0.05, 0.1) is 27.8 Å². The van der Waals surface area contributed by atoms with Gasteiger partial charge in [-0.05, 0) is 172 Å². The maximum Gasteiger partial charge on any atom is 0.164 e. The molecule has 0 saturated heterocycles. The summed E-state index contributed by atoms with van der Waals surface area (Å²) in [6, 6.07) is 141. The van der Waals surface area contributed by atoms with Crippen molar-refractivity contribution < 1.29 is 0 Å². The van der Waals surface area contributed by atoms with Crippen LogP contribution < -0.4 is 9.80 Å². The molecule has 20 aromatic rings. The molecule has 0 aliphatic heterocycles. The number of para-hydroxylation sites is 6. The molecule has 16 aromatic carbocycles. The van der Waals surface area contributed by atoms with Gasteiger partial charge in [0.1, 0.15) is 0 Å². The molecular formula is C104H70N10. The lowest BCUT2D eigenvalue weighted by molar-refractivity contribution is 1.06. The summed E-state index contributed by atoms with van der Waals surface area (Å²) >= 11 is 0. The van der Waals surface area contributed by atoms with Crippen molar-refractivity contribution in [2.75, 3.05) is 9.80 Å². The van der Waals surface area contributed by atoms with E-state index < -0.39 is 0 Å². The molecule has 2 aliphatic carbocycles. The average Bonchev–Trinajstić information content (AvgIpc) is 1.60. The van der Waals surface area contributed by atoms with E-state index in [4.69, 9.17) is 29.9 Å². The number of rotatable bonds is 14. The SMILES string of the molecule is c1ccc(-c2nc(-c3ccccc3)nc(-c3ccc4c(c3)-c3cc(-n5c6ccccc6c6cc(N(c7ccccc7)c7ccccc7)ccc65)ccc3C4)n2)cc1.c1ccc(-c2nc(-c3ccccc3)nc(-c3cccc4c3Cc3c-4cccc3-n3c4ccccc4c4cc(N(c5ccccc5)c5ccccc5)ccc43)n2)cc1. The van der Waals surface area contributed by atoms with Crippen LogP contribution in [0.2, 0.25) is 0 Å². The van der Waals surface area contributed by atoms with Gasteiger partial charge >= 0.3 is 0 Å². The van der Waals surface area contributed by atoms with Gasteiger partial charge in [0.2, 0.25) is 0 Å². The average molecular weight is 1460 g/mol. The molecular weight excluding hydrogens is 1390 g/mol. The van der Waals surface area contributed by atoms with Crippen molar-refractivity contribution in [3.05, 3.63) is 423 Å². The number of anilines is 6. The third kappa shape index (κ3) is 12.1. The minimum absolute atomic E-state index is 0.660. The number of hydrogen-bond acceptors (Lipinski definition) is 8. The molecule has 0 bridgehead atoms. The fourth-order valence-electron chi connectivity index (χ4n) is 16.9. The Labute approximate surface area is 659 Å². The van der Waals surface area contributed by atoms with Gasteiger partial charge in [-0.25, -0.2) is 29.9 Å². The summed E-state index contributed by atoms with van der Waals surface area (Å²) in [7, 11) is 0. The molecule has 2 aliphatic rings. The highest BCUT2D eigenvalue weighted by Gasteiger charge is 2.30. The molecule has 4 heterocycles. The third-order valence-corrected chi connectivity index (χ3v) is 22.1. The molecule has 0 unspecified atom stereocenters. The lowest BCUT2D eigenvalue weighted by Gasteiger charge is -2.25. The minimum atomic E-state index is 0.660. The molecule has 4 aromatic heterocycles. The summed E-state index contributed by atoms with van der Waals surface area (Å²) in [6.45, 7) is 0. The van der Waals surface area contributed by atoms with Crippen LogP contribution in [0.15, 0.2) is 400 Å². The summed E-state index contributed by atoms with van der Waals surface area (Å²) < 4.78 is 4.87. The highest BCUT2D eigenvalue weighted by molar-refractivity contribution is 6.12. The highest BCUT2D eigenvalue weighted by atomic mass is 15.2. The Hall–Kier alpha value is -15.3. The van der Waals surface area contributed by atoms with Gasteiger partial charge in [0.15, 0.2) is 34.9 Å². The number of hydrogen-bond donors (Lipinski definition) is 0. The Morgan fingerprint density at radius 1 is 0.202 bits per heavy atom. The third-order valence-electron chi connectivity index (χ3n) is 22.1. The van der Waals surface area contributed by atoms with E-state index in [9.17, 15) is 0 Å². The highest BCUT2D eigenvalue weighted by Crippen LogP contribution is 2.48. The van der Waals surface area contributed by atoms with Crippen LogP contribution in [0.5, 0.6) is 0 Å². The van der Waals surface area contributed by atoms with E-state index in [1.165, 1.54) is 93.8 Å². The van der Waals surface area contributed by atoms with E-state index in [0.29, 0.717) is 34.9 Å². The molecule has 0 N–H and O–H groups in total. The predicted octanol–water partition coefficient (Wildman–Crippen LogP) is 26.0. The van der Waals surface area contributed by atoms with E-state index in [1.807, 2.05) is 97.1 Å². The molecule has 0 spiro atoms. The molecule has 10 heteroatoms. The second-order valence-electron chi connectivity index (χ2n) is 28.9. The largest absolute Gasteiger partial charge is 0.310 e. The first-order chi connectivity index (χ1) is 56.5. The Morgan fingerprint density at radius 2 is 0.553 bits per heavy atom. The Balaban J connectivity index is 0.000000143. The summed E-state index contributed by atoms with van der Waals surface area (Å²) in [6.07, 6.45) is 1.64. The van der Waals surface area contributed by atoms with Crippen molar-refractivity contribution >= 4 is 77.7 Å². The van der Waals surface area contributed by atoms with Gasteiger partial charge in [-0.1, -0.05) is 279 Å². The molecule has 536 valence electrons. The van der Waals surface area contributed by atoms with Crippen molar-refractivity contribution in [1.82, 2.24) is 39.0 Å². The second-order valence-corrected chi connectivity index (χ2v) is 28.9. The van der Waals surface area contributed by atoms with Gasteiger partial charge in [-0.2, -0.15) is 0 Å². The second kappa shape index (κ2) is 28.6. The number of fused-ring (bicyclic) bond motifs is 12. The fraction of sp³-hybridized carbons (Fsp3) is 0.0192. The fourth-order valence-corrected chi connectivity index (χ4v) is 16.9. The van der Waals surface area contributed by atoms with Crippen LogP contribution in [0.3, 0.4) is 0 Å². The van der Waals surface area contributed by atoms with Crippen LogP contribution in [0.25, 0.3) is 146 Å². The minimum Gasteiger partial charge on any atom is -0.310 e. The van der Waals surface area contributed by atoms with Crippen LogP contribution >= 0.6 is 0 Å². The van der Waals surface area contributed by atoms with Crippen LogP contribution in [-0.4, -0.2) is 39.0 Å². The lowest BCUT2D eigenvalue weighted by atomic mass is 10.0. The number of aromatic nitrogens is 8. The van der Waals surface area contributed by atoms with Crippen molar-refractivity contribution in [3.63, 3.8) is 0 Å². The molecule has 0 radical (unpaired) electrons. The Bertz CT molecular complexity index is 6820. The van der Waals surface area contributed by atoms with Gasteiger partial charge in [0, 0.05) is 101 Å². The first-order valence-corrected chi connectivity index (χ1v) is 38.7. The quantitative estimate of drug-likeness (QED) is 0.106. The topological polar surface area (TPSA) is 93.7 Å². The first-order valence-electron chi connectivity index (χ1n) is 38.7. The predicted molar refractivity (Wildman–Crippen MR) is 467 cm³/mol. The Morgan fingerprint density at radius 3 is 1.02 bits per heavy atom. The van der Waals surface area contributed by atoms with Gasteiger partial charge in [-0.3, -0.25) is 0 Å². The summed E-state index contributed by atoms with van der Waals surface area (Å²) in [5, 5.41) is 4.86. The molecule has 0 fully saturated rings. The summed E-state index contributed by atoms with van der Waals surface area (Å²) in [4.78, 5) is 34.9. The zero-order valence-electron chi connectivity index (χ0n) is 62.0. The van der Waals surface area contributed by atoms with Gasteiger partial charge < -0.3 is 18.9 Å². The van der Waals surface area contributed by atoms with Gasteiger partial charge in [0.25, 0.3) is 0 Å².